The molecule has 138 valence electrons. The number of hydrogen-bond acceptors (Lipinski definition) is 3. The topological polar surface area (TPSA) is 67.4 Å². The third-order valence-electron chi connectivity index (χ3n) is 3.50. The van der Waals surface area contributed by atoms with E-state index in [9.17, 15) is 9.59 Å². The molecule has 5 nitrogen and oxygen atoms in total. The number of halogens is 2. The zero-order valence-corrected chi connectivity index (χ0v) is 15.9. The molecule has 0 radical (unpaired) electrons. The monoisotopic (exact) mass is 394 g/mol. The van der Waals surface area contributed by atoms with Crippen LogP contribution in [-0.4, -0.2) is 25.0 Å². The molecule has 2 aromatic rings. The molecule has 0 aromatic heterocycles. The third kappa shape index (κ3) is 6.24. The summed E-state index contributed by atoms with van der Waals surface area (Å²) in [5.74, 6) is -0.0847. The normalized spacial score (nSPS) is 10.3. The molecule has 0 spiro atoms. The first kappa shape index (κ1) is 20.1. The molecule has 0 bridgehead atoms. The van der Waals surface area contributed by atoms with Gasteiger partial charge in [0, 0.05) is 22.8 Å². The second-order valence-electron chi connectivity index (χ2n) is 5.60. The highest BCUT2D eigenvalue weighted by atomic mass is 35.5. The van der Waals surface area contributed by atoms with Crippen molar-refractivity contribution in [1.29, 1.82) is 0 Å². The molecule has 26 heavy (non-hydrogen) atoms. The fourth-order valence-corrected chi connectivity index (χ4v) is 2.58. The minimum absolute atomic E-state index is 0.128. The lowest BCUT2D eigenvalue weighted by molar-refractivity contribution is -0.118. The zero-order valence-electron chi connectivity index (χ0n) is 14.4. The van der Waals surface area contributed by atoms with Gasteiger partial charge in [0.2, 0.25) is 0 Å². The van der Waals surface area contributed by atoms with E-state index in [4.69, 9.17) is 27.9 Å². The van der Waals surface area contributed by atoms with E-state index in [-0.39, 0.29) is 18.4 Å². The van der Waals surface area contributed by atoms with Crippen LogP contribution in [0.5, 0.6) is 5.75 Å². The van der Waals surface area contributed by atoms with Gasteiger partial charge in [-0.3, -0.25) is 9.59 Å². The number of unbranched alkanes of at least 4 members (excludes halogenated alkanes) is 1. The molecule has 7 heteroatoms. The van der Waals surface area contributed by atoms with Gasteiger partial charge in [0.25, 0.3) is 11.8 Å². The molecule has 0 saturated heterocycles. The van der Waals surface area contributed by atoms with Gasteiger partial charge in [0.15, 0.2) is 6.61 Å². The molecular weight excluding hydrogens is 375 g/mol. The van der Waals surface area contributed by atoms with Crippen molar-refractivity contribution in [3.05, 3.63) is 58.1 Å². The Morgan fingerprint density at radius 1 is 1.08 bits per heavy atom. The lowest BCUT2D eigenvalue weighted by Crippen LogP contribution is -2.24. The summed E-state index contributed by atoms with van der Waals surface area (Å²) in [4.78, 5) is 23.9. The van der Waals surface area contributed by atoms with Crippen molar-refractivity contribution in [2.75, 3.05) is 18.5 Å². The molecule has 0 aliphatic heterocycles. The lowest BCUT2D eigenvalue weighted by Gasteiger charge is -2.09. The maximum absolute atomic E-state index is 12.0. The van der Waals surface area contributed by atoms with Gasteiger partial charge in [-0.2, -0.15) is 0 Å². The fraction of sp³-hybridized carbons (Fsp3) is 0.263. The Hall–Kier alpha value is -2.24. The van der Waals surface area contributed by atoms with Crippen LogP contribution in [0.1, 0.15) is 30.1 Å². The summed E-state index contributed by atoms with van der Waals surface area (Å²) in [5.41, 5.74) is 1.12. The summed E-state index contributed by atoms with van der Waals surface area (Å²) in [7, 11) is 0. The minimum Gasteiger partial charge on any atom is -0.482 e. The number of benzene rings is 2. The van der Waals surface area contributed by atoms with Crippen molar-refractivity contribution in [3.8, 4) is 5.75 Å². The summed E-state index contributed by atoms with van der Waals surface area (Å²) in [6.07, 6.45) is 1.96. The summed E-state index contributed by atoms with van der Waals surface area (Å²) < 4.78 is 5.38. The van der Waals surface area contributed by atoms with Gasteiger partial charge in [0.1, 0.15) is 5.75 Å². The molecule has 2 N–H and O–H groups in total. The van der Waals surface area contributed by atoms with Crippen molar-refractivity contribution < 1.29 is 14.3 Å². The third-order valence-corrected chi connectivity index (χ3v) is 4.03. The first-order chi connectivity index (χ1) is 12.5. The SMILES string of the molecule is CCCCNC(=O)c1ccc(NC(=O)COc2ccc(Cl)cc2Cl)cc1. The molecule has 0 aliphatic carbocycles. The Morgan fingerprint density at radius 3 is 2.46 bits per heavy atom. The standard InChI is InChI=1S/C19H20Cl2N2O3/c1-2-3-10-22-19(25)13-4-7-15(8-5-13)23-18(24)12-26-17-9-6-14(20)11-16(17)21/h4-9,11H,2-3,10,12H2,1H3,(H,22,25)(H,23,24). The molecule has 0 heterocycles. The molecule has 0 saturated carbocycles. The van der Waals surface area contributed by atoms with Crippen LogP contribution < -0.4 is 15.4 Å². The van der Waals surface area contributed by atoms with Crippen LogP contribution in [0.25, 0.3) is 0 Å². The van der Waals surface area contributed by atoms with Crippen molar-refractivity contribution in [3.63, 3.8) is 0 Å². The molecule has 0 atom stereocenters. The highest BCUT2D eigenvalue weighted by molar-refractivity contribution is 6.35. The average molecular weight is 395 g/mol. The number of anilines is 1. The molecule has 0 aliphatic rings. The van der Waals surface area contributed by atoms with E-state index in [0.29, 0.717) is 33.6 Å². The number of amides is 2. The van der Waals surface area contributed by atoms with Crippen molar-refractivity contribution in [2.45, 2.75) is 19.8 Å². The second kappa shape index (κ2) is 10.0. The van der Waals surface area contributed by atoms with E-state index >= 15 is 0 Å². The largest absolute Gasteiger partial charge is 0.482 e. The fourth-order valence-electron chi connectivity index (χ4n) is 2.12. The van der Waals surface area contributed by atoms with Gasteiger partial charge in [-0.25, -0.2) is 0 Å². The van der Waals surface area contributed by atoms with Crippen LogP contribution in [0.3, 0.4) is 0 Å². The smallest absolute Gasteiger partial charge is 0.262 e. The molecule has 2 aromatic carbocycles. The maximum atomic E-state index is 12.0. The van der Waals surface area contributed by atoms with Gasteiger partial charge in [-0.1, -0.05) is 36.5 Å². The summed E-state index contributed by atoms with van der Waals surface area (Å²) in [6, 6.07) is 11.4. The van der Waals surface area contributed by atoms with Gasteiger partial charge >= 0.3 is 0 Å². The first-order valence-electron chi connectivity index (χ1n) is 8.25. The van der Waals surface area contributed by atoms with Crippen LogP contribution in [0, 0.1) is 0 Å². The predicted molar refractivity (Wildman–Crippen MR) is 104 cm³/mol. The highest BCUT2D eigenvalue weighted by Gasteiger charge is 2.08. The van der Waals surface area contributed by atoms with Crippen molar-refractivity contribution in [1.82, 2.24) is 5.32 Å². The Morgan fingerprint density at radius 2 is 1.81 bits per heavy atom. The first-order valence-corrected chi connectivity index (χ1v) is 9.01. The molecule has 2 amide bonds. The molecule has 2 rings (SSSR count). The predicted octanol–water partition coefficient (Wildman–Crippen LogP) is 4.54. The van der Waals surface area contributed by atoms with Crippen LogP contribution in [-0.2, 0) is 4.79 Å². The number of hydrogen-bond donors (Lipinski definition) is 2. The number of rotatable bonds is 8. The number of nitrogens with one attached hydrogen (secondary N) is 2. The van der Waals surface area contributed by atoms with E-state index in [0.717, 1.165) is 12.8 Å². The van der Waals surface area contributed by atoms with Crippen LogP contribution in [0.15, 0.2) is 42.5 Å². The van der Waals surface area contributed by atoms with E-state index in [1.54, 1.807) is 42.5 Å². The van der Waals surface area contributed by atoms with Crippen LogP contribution >= 0.6 is 23.2 Å². The quantitative estimate of drug-likeness (QED) is 0.645. The lowest BCUT2D eigenvalue weighted by atomic mass is 10.2. The summed E-state index contributed by atoms with van der Waals surface area (Å²) in [6.45, 7) is 2.52. The zero-order chi connectivity index (χ0) is 18.9. The van der Waals surface area contributed by atoms with Gasteiger partial charge in [-0.15, -0.1) is 0 Å². The van der Waals surface area contributed by atoms with Crippen molar-refractivity contribution in [2.24, 2.45) is 0 Å². The van der Waals surface area contributed by atoms with E-state index in [1.807, 2.05) is 0 Å². The number of carbonyl (C=O) groups is 2. The van der Waals surface area contributed by atoms with Gasteiger partial charge in [-0.05, 0) is 48.9 Å². The van der Waals surface area contributed by atoms with E-state index < -0.39 is 0 Å². The van der Waals surface area contributed by atoms with Crippen molar-refractivity contribution >= 4 is 40.7 Å². The van der Waals surface area contributed by atoms with E-state index in [2.05, 4.69) is 17.6 Å². The Balaban J connectivity index is 1.84. The minimum atomic E-state index is -0.337. The Labute approximate surface area is 162 Å². The summed E-state index contributed by atoms with van der Waals surface area (Å²) in [5, 5.41) is 6.36. The highest BCUT2D eigenvalue weighted by Crippen LogP contribution is 2.27. The number of carbonyl (C=O) groups excluding carboxylic acids is 2. The van der Waals surface area contributed by atoms with Crippen LogP contribution in [0.4, 0.5) is 5.69 Å². The molecule has 0 fully saturated rings. The summed E-state index contributed by atoms with van der Waals surface area (Å²) >= 11 is 11.8. The van der Waals surface area contributed by atoms with Crippen LogP contribution in [0.2, 0.25) is 10.0 Å². The average Bonchev–Trinajstić information content (AvgIpc) is 2.61. The number of ether oxygens (including phenoxy) is 1. The molecule has 0 unspecified atom stereocenters. The van der Waals surface area contributed by atoms with E-state index in [1.165, 1.54) is 0 Å². The maximum Gasteiger partial charge on any atom is 0.262 e. The van der Waals surface area contributed by atoms with Gasteiger partial charge in [0.05, 0.1) is 5.02 Å². The second-order valence-corrected chi connectivity index (χ2v) is 6.44. The Bertz CT molecular complexity index is 764. The van der Waals surface area contributed by atoms with Gasteiger partial charge < -0.3 is 15.4 Å². The molecular formula is C19H20Cl2N2O3. The Kier molecular flexibility index (Phi) is 7.75.